The van der Waals surface area contributed by atoms with Crippen molar-refractivity contribution < 1.29 is 4.74 Å². The van der Waals surface area contributed by atoms with Gasteiger partial charge in [0.05, 0.1) is 10.8 Å². The number of ether oxygens (including phenoxy) is 1. The van der Waals surface area contributed by atoms with E-state index in [9.17, 15) is 0 Å². The van der Waals surface area contributed by atoms with Gasteiger partial charge in [0.2, 0.25) is 0 Å². The van der Waals surface area contributed by atoms with Crippen LogP contribution in [0, 0.1) is 0 Å². The molecule has 2 rings (SSSR count). The summed E-state index contributed by atoms with van der Waals surface area (Å²) in [5.41, 5.74) is 1.31. The SMILES string of the molecule is CCC(C)c1ccc(Oc2nc(Cl)c(CCl)s2)cc1. The van der Waals surface area contributed by atoms with E-state index in [1.54, 1.807) is 0 Å². The summed E-state index contributed by atoms with van der Waals surface area (Å²) in [7, 11) is 0. The van der Waals surface area contributed by atoms with Gasteiger partial charge in [-0.1, -0.05) is 48.9 Å². The number of halogens is 2. The first-order valence-corrected chi connectivity index (χ1v) is 7.86. The smallest absolute Gasteiger partial charge is 0.280 e. The largest absolute Gasteiger partial charge is 0.431 e. The Hall–Kier alpha value is -0.770. The van der Waals surface area contributed by atoms with E-state index < -0.39 is 0 Å². The molecule has 1 heterocycles. The van der Waals surface area contributed by atoms with Gasteiger partial charge in [0.1, 0.15) is 10.9 Å². The normalized spacial score (nSPS) is 12.4. The van der Waals surface area contributed by atoms with Crippen molar-refractivity contribution in [2.45, 2.75) is 32.1 Å². The average molecular weight is 316 g/mol. The molecule has 0 saturated carbocycles. The first-order chi connectivity index (χ1) is 9.13. The van der Waals surface area contributed by atoms with Crippen LogP contribution in [0.15, 0.2) is 24.3 Å². The summed E-state index contributed by atoms with van der Waals surface area (Å²) in [6, 6.07) is 8.08. The van der Waals surface area contributed by atoms with Crippen LogP contribution >= 0.6 is 34.5 Å². The molecular weight excluding hydrogens is 301 g/mol. The van der Waals surface area contributed by atoms with Crippen LogP contribution in [0.2, 0.25) is 5.15 Å². The highest BCUT2D eigenvalue weighted by molar-refractivity contribution is 7.14. The summed E-state index contributed by atoms with van der Waals surface area (Å²) < 4.78 is 5.67. The second-order valence-electron chi connectivity index (χ2n) is 4.31. The highest BCUT2D eigenvalue weighted by Crippen LogP contribution is 2.33. The standard InChI is InChI=1S/C14H15Cl2NOS/c1-3-9(2)10-4-6-11(7-5-10)18-14-17-13(16)12(8-15)19-14/h4-7,9H,3,8H2,1-2H3. The number of rotatable bonds is 5. The molecule has 1 aromatic carbocycles. The predicted molar refractivity (Wildman–Crippen MR) is 81.9 cm³/mol. The van der Waals surface area contributed by atoms with Crippen molar-refractivity contribution in [2.75, 3.05) is 0 Å². The third-order valence-electron chi connectivity index (χ3n) is 3.02. The second-order valence-corrected chi connectivity index (χ2v) is 5.98. The lowest BCUT2D eigenvalue weighted by Crippen LogP contribution is -1.91. The van der Waals surface area contributed by atoms with Gasteiger partial charge in [-0.3, -0.25) is 0 Å². The van der Waals surface area contributed by atoms with E-state index >= 15 is 0 Å². The van der Waals surface area contributed by atoms with Crippen molar-refractivity contribution in [3.05, 3.63) is 39.9 Å². The summed E-state index contributed by atoms with van der Waals surface area (Å²) in [6.45, 7) is 4.39. The van der Waals surface area contributed by atoms with Gasteiger partial charge in [-0.2, -0.15) is 4.98 Å². The topological polar surface area (TPSA) is 22.1 Å². The molecule has 0 aliphatic rings. The van der Waals surface area contributed by atoms with E-state index in [0.29, 0.717) is 22.1 Å². The zero-order valence-corrected chi connectivity index (χ0v) is 13.1. The molecule has 0 bridgehead atoms. The van der Waals surface area contributed by atoms with Crippen molar-refractivity contribution in [3.8, 4) is 10.9 Å². The number of hydrogen-bond acceptors (Lipinski definition) is 3. The van der Waals surface area contributed by atoms with E-state index in [4.69, 9.17) is 27.9 Å². The van der Waals surface area contributed by atoms with E-state index in [1.165, 1.54) is 16.9 Å². The summed E-state index contributed by atoms with van der Waals surface area (Å²) in [6.07, 6.45) is 1.13. The van der Waals surface area contributed by atoms with E-state index in [2.05, 4.69) is 31.0 Å². The summed E-state index contributed by atoms with van der Waals surface area (Å²) in [5.74, 6) is 1.68. The Labute approximate surface area is 127 Å². The van der Waals surface area contributed by atoms with Gasteiger partial charge in [-0.05, 0) is 30.0 Å². The van der Waals surface area contributed by atoms with Gasteiger partial charge < -0.3 is 4.74 Å². The zero-order chi connectivity index (χ0) is 13.8. The highest BCUT2D eigenvalue weighted by Gasteiger charge is 2.10. The Balaban J connectivity index is 2.10. The van der Waals surface area contributed by atoms with E-state index in [1.807, 2.05) is 12.1 Å². The maximum atomic E-state index is 5.93. The van der Waals surface area contributed by atoms with Crippen LogP contribution in [-0.2, 0) is 5.88 Å². The quantitative estimate of drug-likeness (QED) is 0.646. The van der Waals surface area contributed by atoms with Crippen LogP contribution in [0.5, 0.6) is 10.9 Å². The number of thiazole rings is 1. The fraction of sp³-hybridized carbons (Fsp3) is 0.357. The second kappa shape index (κ2) is 6.60. The van der Waals surface area contributed by atoms with Gasteiger partial charge in [0.25, 0.3) is 5.19 Å². The molecule has 1 aromatic heterocycles. The Morgan fingerprint density at radius 1 is 1.32 bits per heavy atom. The van der Waals surface area contributed by atoms with Crippen LogP contribution in [-0.4, -0.2) is 4.98 Å². The predicted octanol–water partition coefficient (Wildman–Crippen LogP) is 5.84. The maximum Gasteiger partial charge on any atom is 0.280 e. The van der Waals surface area contributed by atoms with Crippen LogP contribution < -0.4 is 4.74 Å². The number of hydrogen-bond donors (Lipinski definition) is 0. The fourth-order valence-corrected chi connectivity index (χ4v) is 2.98. The summed E-state index contributed by atoms with van der Waals surface area (Å²) in [5, 5.41) is 0.947. The summed E-state index contributed by atoms with van der Waals surface area (Å²) in [4.78, 5) is 4.96. The molecule has 0 saturated heterocycles. The van der Waals surface area contributed by atoms with Crippen molar-refractivity contribution >= 4 is 34.5 Å². The highest BCUT2D eigenvalue weighted by atomic mass is 35.5. The van der Waals surface area contributed by atoms with E-state index in [0.717, 1.165) is 17.0 Å². The monoisotopic (exact) mass is 315 g/mol. The number of aromatic nitrogens is 1. The molecule has 0 N–H and O–H groups in total. The minimum atomic E-state index is 0.354. The first-order valence-electron chi connectivity index (χ1n) is 6.13. The van der Waals surface area contributed by atoms with Crippen molar-refractivity contribution in [3.63, 3.8) is 0 Å². The molecule has 0 aliphatic carbocycles. The van der Waals surface area contributed by atoms with Gasteiger partial charge in [-0.15, -0.1) is 11.6 Å². The fourth-order valence-electron chi connectivity index (χ4n) is 1.64. The molecule has 0 fully saturated rings. The molecule has 2 aromatic rings. The molecule has 19 heavy (non-hydrogen) atoms. The Morgan fingerprint density at radius 3 is 2.53 bits per heavy atom. The number of benzene rings is 1. The van der Waals surface area contributed by atoms with Crippen LogP contribution in [0.25, 0.3) is 0 Å². The molecule has 2 nitrogen and oxygen atoms in total. The average Bonchev–Trinajstić information content (AvgIpc) is 2.78. The Morgan fingerprint density at radius 2 is 2.00 bits per heavy atom. The number of nitrogens with zero attached hydrogens (tertiary/aromatic N) is 1. The molecule has 1 atom stereocenters. The molecular formula is C14H15Cl2NOS. The third-order valence-corrected chi connectivity index (χ3v) is 4.80. The van der Waals surface area contributed by atoms with Crippen LogP contribution in [0.1, 0.15) is 36.6 Å². The molecule has 0 radical (unpaired) electrons. The van der Waals surface area contributed by atoms with Gasteiger partial charge in [0.15, 0.2) is 0 Å². The molecule has 5 heteroatoms. The van der Waals surface area contributed by atoms with Gasteiger partial charge >= 0.3 is 0 Å². The van der Waals surface area contributed by atoms with Crippen LogP contribution in [0.3, 0.4) is 0 Å². The summed E-state index contributed by atoms with van der Waals surface area (Å²) >= 11 is 13.1. The Kier molecular flexibility index (Phi) is 5.08. The van der Waals surface area contributed by atoms with Crippen LogP contribution in [0.4, 0.5) is 0 Å². The van der Waals surface area contributed by atoms with Crippen molar-refractivity contribution in [2.24, 2.45) is 0 Å². The van der Waals surface area contributed by atoms with Gasteiger partial charge in [-0.25, -0.2) is 0 Å². The number of alkyl halides is 1. The van der Waals surface area contributed by atoms with Crippen molar-refractivity contribution in [1.82, 2.24) is 4.98 Å². The van der Waals surface area contributed by atoms with E-state index in [-0.39, 0.29) is 0 Å². The molecule has 102 valence electrons. The lowest BCUT2D eigenvalue weighted by Gasteiger charge is -2.09. The Bertz CT molecular complexity index is 539. The lowest BCUT2D eigenvalue weighted by atomic mass is 9.99. The maximum absolute atomic E-state index is 5.93. The first kappa shape index (κ1) is 14.6. The van der Waals surface area contributed by atoms with Gasteiger partial charge in [0, 0.05) is 0 Å². The minimum Gasteiger partial charge on any atom is -0.431 e. The molecule has 1 unspecified atom stereocenters. The minimum absolute atomic E-state index is 0.354. The van der Waals surface area contributed by atoms with Crippen molar-refractivity contribution in [1.29, 1.82) is 0 Å². The molecule has 0 amide bonds. The molecule has 0 aliphatic heterocycles. The molecule has 0 spiro atoms. The zero-order valence-electron chi connectivity index (χ0n) is 10.8. The third kappa shape index (κ3) is 3.62. The lowest BCUT2D eigenvalue weighted by molar-refractivity contribution is 0.478.